The van der Waals surface area contributed by atoms with Gasteiger partial charge in [-0.1, -0.05) is 0 Å². The molecule has 1 fully saturated rings. The van der Waals surface area contributed by atoms with E-state index in [4.69, 9.17) is 14.2 Å². The third kappa shape index (κ3) is 2.68. The quantitative estimate of drug-likeness (QED) is 0.944. The fourth-order valence-electron chi connectivity index (χ4n) is 3.00. The van der Waals surface area contributed by atoms with Gasteiger partial charge in [0.2, 0.25) is 5.88 Å². The smallest absolute Gasteiger partial charge is 0.221 e. The minimum Gasteiger partial charge on any atom is -0.490 e. The Morgan fingerprint density at radius 3 is 2.86 bits per heavy atom. The molecule has 5 nitrogen and oxygen atoms in total. The first-order chi connectivity index (χ1) is 10.9. The van der Waals surface area contributed by atoms with E-state index >= 15 is 0 Å². The molecule has 1 atom stereocenters. The van der Waals surface area contributed by atoms with Gasteiger partial charge in [-0.15, -0.1) is 0 Å². The molecule has 2 aliphatic rings. The lowest BCUT2D eigenvalue weighted by Gasteiger charge is -2.14. The molecule has 22 heavy (non-hydrogen) atoms. The third-order valence-corrected chi connectivity index (χ3v) is 4.18. The Hall–Kier alpha value is -2.01. The van der Waals surface area contributed by atoms with Crippen molar-refractivity contribution in [1.29, 1.82) is 0 Å². The Balaban J connectivity index is 1.64. The molecule has 0 radical (unpaired) electrons. The lowest BCUT2D eigenvalue weighted by Crippen LogP contribution is -2.28. The fourth-order valence-corrected chi connectivity index (χ4v) is 3.00. The molecule has 0 aliphatic carbocycles. The number of hydrogen-bond donors (Lipinski definition) is 1. The van der Waals surface area contributed by atoms with E-state index < -0.39 is 0 Å². The monoisotopic (exact) mass is 300 g/mol. The van der Waals surface area contributed by atoms with Gasteiger partial charge in [-0.25, -0.2) is 4.98 Å². The molecule has 1 saturated heterocycles. The van der Waals surface area contributed by atoms with Gasteiger partial charge in [-0.05, 0) is 43.0 Å². The first-order valence-electron chi connectivity index (χ1n) is 7.95. The average molecular weight is 300 g/mol. The van der Waals surface area contributed by atoms with Crippen LogP contribution in [0.2, 0.25) is 0 Å². The van der Waals surface area contributed by atoms with Crippen molar-refractivity contribution in [1.82, 2.24) is 10.3 Å². The van der Waals surface area contributed by atoms with Crippen molar-refractivity contribution in [2.75, 3.05) is 26.4 Å². The summed E-state index contributed by atoms with van der Waals surface area (Å²) < 4.78 is 17.5. The number of hydrogen-bond acceptors (Lipinski definition) is 5. The number of fused-ring (bicyclic) bond motifs is 2. The number of nitrogens with one attached hydrogen (secondary N) is 1. The highest BCUT2D eigenvalue weighted by atomic mass is 16.5. The largest absolute Gasteiger partial charge is 0.490 e. The van der Waals surface area contributed by atoms with Crippen LogP contribution >= 0.6 is 0 Å². The van der Waals surface area contributed by atoms with Crippen LogP contribution in [-0.4, -0.2) is 37.4 Å². The van der Waals surface area contributed by atoms with Crippen molar-refractivity contribution in [2.24, 2.45) is 0 Å². The summed E-state index contributed by atoms with van der Waals surface area (Å²) in [5.41, 5.74) is 0. The van der Waals surface area contributed by atoms with Crippen LogP contribution in [0.15, 0.2) is 24.4 Å². The molecule has 1 unspecified atom stereocenters. The van der Waals surface area contributed by atoms with Crippen molar-refractivity contribution in [2.45, 2.75) is 25.3 Å². The normalized spacial score (nSPS) is 20.8. The zero-order valence-electron chi connectivity index (χ0n) is 12.5. The van der Waals surface area contributed by atoms with E-state index in [2.05, 4.69) is 10.3 Å². The number of aromatic nitrogens is 1. The first-order valence-corrected chi connectivity index (χ1v) is 7.95. The average Bonchev–Trinajstić information content (AvgIpc) is 2.96. The van der Waals surface area contributed by atoms with E-state index in [0.29, 0.717) is 31.7 Å². The molecule has 1 aromatic heterocycles. The van der Waals surface area contributed by atoms with Crippen LogP contribution < -0.4 is 19.5 Å². The van der Waals surface area contributed by atoms with Crippen LogP contribution in [0.5, 0.6) is 17.4 Å². The molecule has 5 heteroatoms. The Morgan fingerprint density at radius 2 is 2.05 bits per heavy atom. The van der Waals surface area contributed by atoms with Crippen LogP contribution in [0.25, 0.3) is 10.8 Å². The second-order valence-electron chi connectivity index (χ2n) is 5.79. The van der Waals surface area contributed by atoms with Crippen LogP contribution in [0.3, 0.4) is 0 Å². The molecule has 2 aliphatic heterocycles. The highest BCUT2D eigenvalue weighted by molar-refractivity contribution is 5.89. The molecular weight excluding hydrogens is 280 g/mol. The second-order valence-corrected chi connectivity index (χ2v) is 5.79. The lowest BCUT2D eigenvalue weighted by molar-refractivity contribution is 0.270. The number of rotatable bonds is 3. The zero-order chi connectivity index (χ0) is 14.8. The highest BCUT2D eigenvalue weighted by Gasteiger charge is 2.17. The van der Waals surface area contributed by atoms with Gasteiger partial charge in [0.1, 0.15) is 6.61 Å². The van der Waals surface area contributed by atoms with Gasteiger partial charge in [-0.3, -0.25) is 0 Å². The molecule has 3 heterocycles. The molecule has 4 rings (SSSR count). The zero-order valence-corrected chi connectivity index (χ0v) is 12.5. The molecule has 1 aromatic carbocycles. The standard InChI is InChI=1S/C17H20N2O3/c1-3-13(18-5-1)11-22-17-14-10-16-15(20-7-2-8-21-16)9-12(14)4-6-19-17/h4,6,9-10,13,18H,1-3,5,7-8,11H2. The summed E-state index contributed by atoms with van der Waals surface area (Å²) in [6.07, 6.45) is 5.07. The van der Waals surface area contributed by atoms with E-state index in [-0.39, 0.29) is 0 Å². The molecule has 116 valence electrons. The minimum absolute atomic E-state index is 0.428. The summed E-state index contributed by atoms with van der Waals surface area (Å²) in [4.78, 5) is 4.39. The van der Waals surface area contributed by atoms with Gasteiger partial charge < -0.3 is 19.5 Å². The van der Waals surface area contributed by atoms with Gasteiger partial charge in [0.15, 0.2) is 11.5 Å². The predicted octanol–water partition coefficient (Wildman–Crippen LogP) is 2.53. The second kappa shape index (κ2) is 6.01. The summed E-state index contributed by atoms with van der Waals surface area (Å²) in [7, 11) is 0. The molecule has 0 spiro atoms. The molecule has 0 amide bonds. The Kier molecular flexibility index (Phi) is 3.72. The van der Waals surface area contributed by atoms with E-state index in [0.717, 1.165) is 41.7 Å². The van der Waals surface area contributed by atoms with Crippen molar-refractivity contribution in [3.8, 4) is 17.4 Å². The van der Waals surface area contributed by atoms with Crippen molar-refractivity contribution in [3.05, 3.63) is 24.4 Å². The van der Waals surface area contributed by atoms with Gasteiger partial charge in [0, 0.05) is 24.0 Å². The first kappa shape index (κ1) is 13.6. The minimum atomic E-state index is 0.428. The van der Waals surface area contributed by atoms with Crippen LogP contribution in [0, 0.1) is 0 Å². The summed E-state index contributed by atoms with van der Waals surface area (Å²) in [6, 6.07) is 6.40. The SMILES string of the molecule is c1cc2cc3c(cc2c(OCC2CCCN2)n1)OCCCO3. The Bertz CT molecular complexity index is 668. The summed E-state index contributed by atoms with van der Waals surface area (Å²) in [6.45, 7) is 3.11. The molecule has 0 bridgehead atoms. The van der Waals surface area contributed by atoms with E-state index in [1.165, 1.54) is 6.42 Å². The Labute approximate surface area is 129 Å². The molecule has 2 aromatic rings. The summed E-state index contributed by atoms with van der Waals surface area (Å²) in [5.74, 6) is 2.25. The maximum Gasteiger partial charge on any atom is 0.221 e. The van der Waals surface area contributed by atoms with Crippen molar-refractivity contribution < 1.29 is 14.2 Å². The highest BCUT2D eigenvalue weighted by Crippen LogP contribution is 2.36. The fraction of sp³-hybridized carbons (Fsp3) is 0.471. The van der Waals surface area contributed by atoms with E-state index in [1.807, 2.05) is 18.2 Å². The van der Waals surface area contributed by atoms with E-state index in [1.54, 1.807) is 6.20 Å². The molecule has 0 saturated carbocycles. The lowest BCUT2D eigenvalue weighted by atomic mass is 10.1. The summed E-state index contributed by atoms with van der Waals surface area (Å²) in [5, 5.41) is 5.48. The number of nitrogens with zero attached hydrogens (tertiary/aromatic N) is 1. The van der Waals surface area contributed by atoms with Gasteiger partial charge in [0.05, 0.1) is 13.2 Å². The Morgan fingerprint density at radius 1 is 1.18 bits per heavy atom. The van der Waals surface area contributed by atoms with Crippen LogP contribution in [-0.2, 0) is 0 Å². The van der Waals surface area contributed by atoms with Crippen LogP contribution in [0.1, 0.15) is 19.3 Å². The topological polar surface area (TPSA) is 52.6 Å². The van der Waals surface area contributed by atoms with Crippen LogP contribution in [0.4, 0.5) is 0 Å². The van der Waals surface area contributed by atoms with Crippen molar-refractivity contribution in [3.63, 3.8) is 0 Å². The number of benzene rings is 1. The van der Waals surface area contributed by atoms with Crippen molar-refractivity contribution >= 4 is 10.8 Å². The van der Waals surface area contributed by atoms with Gasteiger partial charge in [-0.2, -0.15) is 0 Å². The molecular formula is C17H20N2O3. The predicted molar refractivity (Wildman–Crippen MR) is 83.9 cm³/mol. The number of ether oxygens (including phenoxy) is 3. The van der Waals surface area contributed by atoms with Gasteiger partial charge >= 0.3 is 0 Å². The maximum atomic E-state index is 5.96. The molecule has 1 N–H and O–H groups in total. The van der Waals surface area contributed by atoms with E-state index in [9.17, 15) is 0 Å². The summed E-state index contributed by atoms with van der Waals surface area (Å²) >= 11 is 0. The van der Waals surface area contributed by atoms with Gasteiger partial charge in [0.25, 0.3) is 0 Å². The maximum absolute atomic E-state index is 5.96. The third-order valence-electron chi connectivity index (χ3n) is 4.18. The number of pyridine rings is 1.